The molecule has 0 radical (unpaired) electrons. The average Bonchev–Trinajstić information content (AvgIpc) is 2.26. The van der Waals surface area contributed by atoms with Crippen LogP contribution >= 0.6 is 27.5 Å². The molecule has 0 atom stereocenters. The van der Waals surface area contributed by atoms with E-state index in [9.17, 15) is 0 Å². The van der Waals surface area contributed by atoms with Crippen molar-refractivity contribution in [2.75, 3.05) is 0 Å². The molecule has 0 saturated carbocycles. The Morgan fingerprint density at radius 3 is 2.35 bits per heavy atom. The third-order valence-corrected chi connectivity index (χ3v) is 4.45. The average molecular weight is 310 g/mol. The predicted molar refractivity (Wildman–Crippen MR) is 78.8 cm³/mol. The van der Waals surface area contributed by atoms with Crippen LogP contribution in [0, 0.1) is 20.8 Å². The summed E-state index contributed by atoms with van der Waals surface area (Å²) in [6.45, 7) is 6.40. The fraction of sp³-hybridized carbons (Fsp3) is 0.200. The van der Waals surface area contributed by atoms with E-state index in [0.717, 1.165) is 5.02 Å². The molecule has 0 saturated heterocycles. The van der Waals surface area contributed by atoms with Gasteiger partial charge in [0.2, 0.25) is 0 Å². The number of hydrogen-bond donors (Lipinski definition) is 0. The predicted octanol–water partition coefficient (Wildman–Crippen LogP) is 5.69. The molecule has 0 unspecified atom stereocenters. The minimum absolute atomic E-state index is 0.776. The lowest BCUT2D eigenvalue weighted by Gasteiger charge is -2.14. The first-order valence-electron chi connectivity index (χ1n) is 5.53. The highest BCUT2D eigenvalue weighted by Crippen LogP contribution is 2.35. The Balaban J connectivity index is 2.72. The van der Waals surface area contributed by atoms with Gasteiger partial charge in [0.15, 0.2) is 0 Å². The molecular formula is C15H14BrCl. The summed E-state index contributed by atoms with van der Waals surface area (Å²) in [5.74, 6) is 0. The lowest BCUT2D eigenvalue weighted by Crippen LogP contribution is -1.92. The van der Waals surface area contributed by atoms with E-state index < -0.39 is 0 Å². The van der Waals surface area contributed by atoms with Crippen molar-refractivity contribution in [2.24, 2.45) is 0 Å². The van der Waals surface area contributed by atoms with Crippen LogP contribution in [0.1, 0.15) is 16.7 Å². The Morgan fingerprint density at radius 1 is 1.00 bits per heavy atom. The van der Waals surface area contributed by atoms with E-state index in [1.807, 2.05) is 18.2 Å². The molecule has 0 nitrogen and oxygen atoms in total. The summed E-state index contributed by atoms with van der Waals surface area (Å²) < 4.78 is 1.18. The smallest absolute Gasteiger partial charge is 0.0412 e. The summed E-state index contributed by atoms with van der Waals surface area (Å²) in [7, 11) is 0. The SMILES string of the molecule is Cc1cc(C)c(-c2cccc(Cl)c2)c(C)c1Br. The van der Waals surface area contributed by atoms with Gasteiger partial charge in [0.1, 0.15) is 0 Å². The Labute approximate surface area is 116 Å². The number of rotatable bonds is 1. The zero-order chi connectivity index (χ0) is 12.6. The van der Waals surface area contributed by atoms with Gasteiger partial charge in [-0.25, -0.2) is 0 Å². The normalized spacial score (nSPS) is 10.6. The molecule has 17 heavy (non-hydrogen) atoms. The molecule has 0 spiro atoms. The molecule has 2 rings (SSSR count). The molecule has 0 aliphatic rings. The van der Waals surface area contributed by atoms with E-state index in [0.29, 0.717) is 0 Å². The van der Waals surface area contributed by atoms with Crippen LogP contribution in [-0.4, -0.2) is 0 Å². The van der Waals surface area contributed by atoms with Gasteiger partial charge in [-0.2, -0.15) is 0 Å². The van der Waals surface area contributed by atoms with E-state index in [4.69, 9.17) is 11.6 Å². The Hall–Kier alpha value is -0.790. The fourth-order valence-electron chi connectivity index (χ4n) is 2.25. The molecular weight excluding hydrogens is 296 g/mol. The van der Waals surface area contributed by atoms with E-state index >= 15 is 0 Å². The van der Waals surface area contributed by atoms with E-state index in [-0.39, 0.29) is 0 Å². The lowest BCUT2D eigenvalue weighted by atomic mass is 9.94. The van der Waals surface area contributed by atoms with Gasteiger partial charge in [0.25, 0.3) is 0 Å². The van der Waals surface area contributed by atoms with Crippen molar-refractivity contribution in [3.8, 4) is 11.1 Å². The first-order chi connectivity index (χ1) is 8.00. The second-order valence-electron chi connectivity index (χ2n) is 4.33. The summed E-state index contributed by atoms with van der Waals surface area (Å²) in [6.07, 6.45) is 0. The van der Waals surface area contributed by atoms with Crippen LogP contribution in [0.5, 0.6) is 0 Å². The maximum absolute atomic E-state index is 6.06. The standard InChI is InChI=1S/C15H14BrCl/c1-9-7-10(2)15(16)11(3)14(9)12-5-4-6-13(17)8-12/h4-8H,1-3H3. The zero-order valence-electron chi connectivity index (χ0n) is 10.1. The van der Waals surface area contributed by atoms with E-state index in [1.54, 1.807) is 0 Å². The molecule has 0 aliphatic carbocycles. The van der Waals surface area contributed by atoms with E-state index in [1.165, 1.54) is 32.3 Å². The van der Waals surface area contributed by atoms with Crippen molar-refractivity contribution in [3.05, 3.63) is 56.5 Å². The Morgan fingerprint density at radius 2 is 1.71 bits per heavy atom. The first kappa shape index (κ1) is 12.7. The monoisotopic (exact) mass is 308 g/mol. The number of aryl methyl sites for hydroxylation is 2. The van der Waals surface area contributed by atoms with Crippen molar-refractivity contribution in [1.82, 2.24) is 0 Å². The topological polar surface area (TPSA) is 0 Å². The maximum atomic E-state index is 6.06. The number of halogens is 2. The molecule has 0 aromatic heterocycles. The zero-order valence-corrected chi connectivity index (χ0v) is 12.5. The summed E-state index contributed by atoms with van der Waals surface area (Å²) in [5, 5.41) is 0.776. The molecule has 0 fully saturated rings. The summed E-state index contributed by atoms with van der Waals surface area (Å²) in [6, 6.07) is 10.2. The van der Waals surface area contributed by atoms with Gasteiger partial charge < -0.3 is 0 Å². The molecule has 0 heterocycles. The Kier molecular flexibility index (Phi) is 3.60. The lowest BCUT2D eigenvalue weighted by molar-refractivity contribution is 1.29. The molecule has 88 valence electrons. The Bertz CT molecular complexity index is 573. The minimum atomic E-state index is 0.776. The van der Waals surface area contributed by atoms with Crippen molar-refractivity contribution < 1.29 is 0 Å². The molecule has 0 amide bonds. The third kappa shape index (κ3) is 2.41. The summed E-state index contributed by atoms with van der Waals surface area (Å²) in [4.78, 5) is 0. The van der Waals surface area contributed by atoms with Gasteiger partial charge in [-0.3, -0.25) is 0 Å². The highest BCUT2D eigenvalue weighted by Gasteiger charge is 2.11. The quantitative estimate of drug-likeness (QED) is 0.634. The van der Waals surface area contributed by atoms with Crippen LogP contribution in [0.3, 0.4) is 0 Å². The van der Waals surface area contributed by atoms with Crippen LogP contribution in [0.2, 0.25) is 5.02 Å². The molecule has 2 aromatic rings. The van der Waals surface area contributed by atoms with Crippen LogP contribution in [0.15, 0.2) is 34.8 Å². The highest BCUT2D eigenvalue weighted by molar-refractivity contribution is 9.10. The molecule has 2 heteroatoms. The summed E-state index contributed by atoms with van der Waals surface area (Å²) in [5.41, 5.74) is 6.26. The molecule has 2 aromatic carbocycles. The van der Waals surface area contributed by atoms with Crippen LogP contribution < -0.4 is 0 Å². The number of benzene rings is 2. The van der Waals surface area contributed by atoms with Crippen LogP contribution in [0.4, 0.5) is 0 Å². The van der Waals surface area contributed by atoms with Crippen molar-refractivity contribution in [1.29, 1.82) is 0 Å². The van der Waals surface area contributed by atoms with Crippen molar-refractivity contribution in [2.45, 2.75) is 20.8 Å². The van der Waals surface area contributed by atoms with Gasteiger partial charge in [0.05, 0.1) is 0 Å². The highest BCUT2D eigenvalue weighted by atomic mass is 79.9. The number of hydrogen-bond acceptors (Lipinski definition) is 0. The first-order valence-corrected chi connectivity index (χ1v) is 6.70. The second kappa shape index (κ2) is 4.83. The third-order valence-electron chi connectivity index (χ3n) is 2.99. The van der Waals surface area contributed by atoms with Gasteiger partial charge in [-0.1, -0.05) is 45.7 Å². The van der Waals surface area contributed by atoms with Crippen LogP contribution in [-0.2, 0) is 0 Å². The molecule has 0 aliphatic heterocycles. The van der Waals surface area contributed by atoms with Gasteiger partial charge in [0, 0.05) is 9.50 Å². The van der Waals surface area contributed by atoms with Gasteiger partial charge in [-0.15, -0.1) is 0 Å². The largest absolute Gasteiger partial charge is 0.0843 e. The maximum Gasteiger partial charge on any atom is 0.0412 e. The molecule has 0 N–H and O–H groups in total. The van der Waals surface area contributed by atoms with Crippen LogP contribution in [0.25, 0.3) is 11.1 Å². The fourth-order valence-corrected chi connectivity index (χ4v) is 2.75. The van der Waals surface area contributed by atoms with E-state index in [2.05, 4.69) is 48.8 Å². The van der Waals surface area contributed by atoms with Crippen molar-refractivity contribution >= 4 is 27.5 Å². The van der Waals surface area contributed by atoms with Gasteiger partial charge >= 0.3 is 0 Å². The van der Waals surface area contributed by atoms with Gasteiger partial charge in [-0.05, 0) is 60.7 Å². The van der Waals surface area contributed by atoms with Crippen molar-refractivity contribution in [3.63, 3.8) is 0 Å². The minimum Gasteiger partial charge on any atom is -0.0843 e. The second-order valence-corrected chi connectivity index (χ2v) is 5.56. The molecule has 0 bridgehead atoms. The summed E-state index contributed by atoms with van der Waals surface area (Å²) >= 11 is 9.71.